The number of anilines is 1. The van der Waals surface area contributed by atoms with E-state index in [2.05, 4.69) is 19.9 Å². The Bertz CT molecular complexity index is 554. The lowest BCUT2D eigenvalue weighted by molar-refractivity contribution is 1.25. The van der Waals surface area contributed by atoms with Crippen LogP contribution in [0.25, 0.3) is 0 Å². The van der Waals surface area contributed by atoms with Crippen molar-refractivity contribution in [2.75, 3.05) is 5.73 Å². The molecular formula is C16H18N2. The summed E-state index contributed by atoms with van der Waals surface area (Å²) in [6, 6.07) is 16.0. The van der Waals surface area contributed by atoms with Crippen LogP contribution >= 0.6 is 0 Å². The normalized spacial score (nSPS) is 11.6. The molecule has 0 bridgehead atoms. The highest BCUT2D eigenvalue weighted by atomic mass is 14.7. The molecule has 2 aromatic carbocycles. The highest BCUT2D eigenvalue weighted by Gasteiger charge is 2.02. The van der Waals surface area contributed by atoms with Crippen LogP contribution in [-0.2, 0) is 0 Å². The molecule has 0 heterocycles. The number of benzene rings is 2. The first-order valence-corrected chi connectivity index (χ1v) is 6.20. The van der Waals surface area contributed by atoms with Gasteiger partial charge in [0.15, 0.2) is 0 Å². The molecule has 0 spiro atoms. The Hall–Kier alpha value is -2.09. The second-order valence-corrected chi connectivity index (χ2v) is 4.32. The van der Waals surface area contributed by atoms with Crippen LogP contribution in [0.3, 0.4) is 0 Å². The number of aryl methyl sites for hydroxylation is 1. The number of hydrogen-bond acceptors (Lipinski definition) is 2. The summed E-state index contributed by atoms with van der Waals surface area (Å²) in [6.07, 6.45) is 0.901. The first kappa shape index (κ1) is 12.4. The van der Waals surface area contributed by atoms with Crippen molar-refractivity contribution in [2.45, 2.75) is 20.3 Å². The van der Waals surface area contributed by atoms with Crippen molar-refractivity contribution in [1.82, 2.24) is 0 Å². The van der Waals surface area contributed by atoms with Gasteiger partial charge in [-0.2, -0.15) is 0 Å². The van der Waals surface area contributed by atoms with Gasteiger partial charge in [-0.15, -0.1) is 0 Å². The number of nitrogens with two attached hydrogens (primary N) is 1. The largest absolute Gasteiger partial charge is 0.399 e. The van der Waals surface area contributed by atoms with Gasteiger partial charge in [-0.3, -0.25) is 4.99 Å². The van der Waals surface area contributed by atoms with Crippen LogP contribution < -0.4 is 5.73 Å². The second kappa shape index (κ2) is 5.50. The molecule has 2 heteroatoms. The quantitative estimate of drug-likeness (QED) is 0.634. The maximum absolute atomic E-state index is 5.71. The monoisotopic (exact) mass is 238 g/mol. The van der Waals surface area contributed by atoms with Gasteiger partial charge in [-0.05, 0) is 42.7 Å². The Morgan fingerprint density at radius 2 is 1.72 bits per heavy atom. The van der Waals surface area contributed by atoms with Crippen LogP contribution in [0.1, 0.15) is 24.5 Å². The van der Waals surface area contributed by atoms with E-state index in [1.165, 1.54) is 5.56 Å². The topological polar surface area (TPSA) is 38.4 Å². The van der Waals surface area contributed by atoms with Crippen molar-refractivity contribution < 1.29 is 0 Å². The Morgan fingerprint density at radius 1 is 1.06 bits per heavy atom. The Labute approximate surface area is 108 Å². The first-order chi connectivity index (χ1) is 8.70. The number of nitrogens with zero attached hydrogens (tertiary/aromatic N) is 1. The van der Waals surface area contributed by atoms with E-state index in [0.29, 0.717) is 0 Å². The van der Waals surface area contributed by atoms with Gasteiger partial charge in [-0.25, -0.2) is 0 Å². The average molecular weight is 238 g/mol. The van der Waals surface area contributed by atoms with Crippen molar-refractivity contribution in [3.63, 3.8) is 0 Å². The molecule has 0 amide bonds. The van der Waals surface area contributed by atoms with Gasteiger partial charge in [0.05, 0.1) is 5.69 Å². The summed E-state index contributed by atoms with van der Waals surface area (Å²) >= 11 is 0. The SMILES string of the molecule is CCC(=Nc1ccccc1C)c1ccc(N)cc1. The fourth-order valence-corrected chi connectivity index (χ4v) is 1.86. The third-order valence-corrected chi connectivity index (χ3v) is 2.95. The Kier molecular flexibility index (Phi) is 3.78. The third kappa shape index (κ3) is 2.77. The molecule has 2 aromatic rings. The predicted molar refractivity (Wildman–Crippen MR) is 78.5 cm³/mol. The first-order valence-electron chi connectivity index (χ1n) is 6.20. The molecule has 2 N–H and O–H groups in total. The number of para-hydroxylation sites is 1. The Balaban J connectivity index is 2.40. The fourth-order valence-electron chi connectivity index (χ4n) is 1.86. The third-order valence-electron chi connectivity index (χ3n) is 2.95. The molecule has 0 aliphatic heterocycles. The fraction of sp³-hybridized carbons (Fsp3) is 0.188. The van der Waals surface area contributed by atoms with Gasteiger partial charge in [0.2, 0.25) is 0 Å². The van der Waals surface area contributed by atoms with Crippen LogP contribution in [0.5, 0.6) is 0 Å². The Morgan fingerprint density at radius 3 is 2.33 bits per heavy atom. The smallest absolute Gasteiger partial charge is 0.0662 e. The minimum Gasteiger partial charge on any atom is -0.399 e. The predicted octanol–water partition coefficient (Wildman–Crippen LogP) is 4.11. The molecule has 0 unspecified atom stereocenters. The maximum Gasteiger partial charge on any atom is 0.0662 e. The molecule has 2 nitrogen and oxygen atoms in total. The lowest BCUT2D eigenvalue weighted by Gasteiger charge is -2.06. The van der Waals surface area contributed by atoms with E-state index in [4.69, 9.17) is 10.7 Å². The van der Waals surface area contributed by atoms with Crippen LogP contribution in [0.2, 0.25) is 0 Å². The summed E-state index contributed by atoms with van der Waals surface area (Å²) in [7, 11) is 0. The molecule has 0 radical (unpaired) electrons. The summed E-state index contributed by atoms with van der Waals surface area (Å²) in [4.78, 5) is 4.75. The van der Waals surface area contributed by atoms with Crippen molar-refractivity contribution in [1.29, 1.82) is 0 Å². The number of hydrogen-bond donors (Lipinski definition) is 1. The van der Waals surface area contributed by atoms with E-state index in [1.54, 1.807) is 0 Å². The summed E-state index contributed by atoms with van der Waals surface area (Å²) in [5, 5.41) is 0. The zero-order chi connectivity index (χ0) is 13.0. The number of rotatable bonds is 3. The van der Waals surface area contributed by atoms with E-state index < -0.39 is 0 Å². The summed E-state index contributed by atoms with van der Waals surface area (Å²) in [5.41, 5.74) is 10.9. The van der Waals surface area contributed by atoms with Crippen molar-refractivity contribution in [3.05, 3.63) is 59.7 Å². The molecule has 18 heavy (non-hydrogen) atoms. The lowest BCUT2D eigenvalue weighted by Crippen LogP contribution is -1.99. The van der Waals surface area contributed by atoms with E-state index in [1.807, 2.05) is 42.5 Å². The molecular weight excluding hydrogens is 220 g/mol. The van der Waals surface area contributed by atoms with Crippen LogP contribution in [0, 0.1) is 6.92 Å². The van der Waals surface area contributed by atoms with Gasteiger partial charge in [0.1, 0.15) is 0 Å². The minimum atomic E-state index is 0.782. The van der Waals surface area contributed by atoms with Crippen molar-refractivity contribution >= 4 is 17.1 Å². The van der Waals surface area contributed by atoms with Gasteiger partial charge >= 0.3 is 0 Å². The lowest BCUT2D eigenvalue weighted by atomic mass is 10.1. The van der Waals surface area contributed by atoms with E-state index in [0.717, 1.165) is 29.1 Å². The van der Waals surface area contributed by atoms with Crippen LogP contribution in [0.4, 0.5) is 11.4 Å². The molecule has 0 aromatic heterocycles. The zero-order valence-electron chi connectivity index (χ0n) is 10.9. The number of nitrogen functional groups attached to an aromatic ring is 1. The van der Waals surface area contributed by atoms with Crippen LogP contribution in [0.15, 0.2) is 53.5 Å². The summed E-state index contributed by atoms with van der Waals surface area (Å²) < 4.78 is 0. The summed E-state index contributed by atoms with van der Waals surface area (Å²) in [6.45, 7) is 4.20. The summed E-state index contributed by atoms with van der Waals surface area (Å²) in [5.74, 6) is 0. The van der Waals surface area contributed by atoms with Gasteiger partial charge < -0.3 is 5.73 Å². The highest BCUT2D eigenvalue weighted by molar-refractivity contribution is 6.02. The molecule has 0 atom stereocenters. The molecule has 0 aliphatic rings. The standard InChI is InChI=1S/C16H18N2/c1-3-15(13-8-10-14(17)11-9-13)18-16-7-5-4-6-12(16)2/h4-11H,3,17H2,1-2H3. The molecule has 0 fully saturated rings. The van der Waals surface area contributed by atoms with Gasteiger partial charge in [0, 0.05) is 11.4 Å². The van der Waals surface area contributed by atoms with E-state index >= 15 is 0 Å². The van der Waals surface area contributed by atoms with Gasteiger partial charge in [0.25, 0.3) is 0 Å². The minimum absolute atomic E-state index is 0.782. The van der Waals surface area contributed by atoms with Crippen LogP contribution in [-0.4, -0.2) is 5.71 Å². The molecule has 2 rings (SSSR count). The number of aliphatic imine (C=N–C) groups is 1. The van der Waals surface area contributed by atoms with E-state index in [9.17, 15) is 0 Å². The average Bonchev–Trinajstić information content (AvgIpc) is 2.39. The molecule has 0 saturated carbocycles. The second-order valence-electron chi connectivity index (χ2n) is 4.32. The maximum atomic E-state index is 5.71. The highest BCUT2D eigenvalue weighted by Crippen LogP contribution is 2.20. The van der Waals surface area contributed by atoms with Crippen molar-refractivity contribution in [2.24, 2.45) is 4.99 Å². The van der Waals surface area contributed by atoms with E-state index in [-0.39, 0.29) is 0 Å². The van der Waals surface area contributed by atoms with Gasteiger partial charge in [-0.1, -0.05) is 37.3 Å². The molecule has 0 saturated heterocycles. The van der Waals surface area contributed by atoms with Crippen molar-refractivity contribution in [3.8, 4) is 0 Å². The molecule has 0 aliphatic carbocycles. The molecule has 92 valence electrons. The zero-order valence-corrected chi connectivity index (χ0v) is 10.9.